The minimum atomic E-state index is -0.236. The fraction of sp³-hybridized carbons (Fsp3) is 0.222. The molecule has 0 fully saturated rings. The first-order valence-electron chi connectivity index (χ1n) is 11.4. The maximum atomic E-state index is 12.3. The third-order valence-electron chi connectivity index (χ3n) is 5.11. The van der Waals surface area contributed by atoms with Gasteiger partial charge in [0.2, 0.25) is 11.8 Å². The van der Waals surface area contributed by atoms with Crippen molar-refractivity contribution in [1.29, 1.82) is 0 Å². The van der Waals surface area contributed by atoms with Crippen molar-refractivity contribution in [2.75, 3.05) is 42.8 Å². The Morgan fingerprint density at radius 2 is 1.46 bits per heavy atom. The Hall–Kier alpha value is -4.17. The number of rotatable bonds is 12. The molecule has 0 heterocycles. The van der Waals surface area contributed by atoms with Crippen molar-refractivity contribution in [3.05, 3.63) is 90.0 Å². The lowest BCUT2D eigenvalue weighted by atomic mass is 10.1. The maximum Gasteiger partial charge on any atom is 0.251 e. The van der Waals surface area contributed by atoms with Crippen LogP contribution in [0.5, 0.6) is 0 Å². The third-order valence-corrected chi connectivity index (χ3v) is 5.11. The van der Waals surface area contributed by atoms with Gasteiger partial charge in [-0.3, -0.25) is 14.4 Å². The van der Waals surface area contributed by atoms with Crippen molar-refractivity contribution in [2.45, 2.75) is 12.8 Å². The fourth-order valence-electron chi connectivity index (χ4n) is 3.29. The molecule has 3 aromatic rings. The molecule has 0 saturated carbocycles. The number of amides is 3. The third kappa shape index (κ3) is 8.94. The molecule has 0 aliphatic heterocycles. The summed E-state index contributed by atoms with van der Waals surface area (Å²) in [5.41, 5.74) is 3.55. The number of carbonyl (C=O) groups is 3. The SMILES string of the molecule is COCCNC(=O)c1cccc(NCC(=O)Nc2ccc(NC(=O)CCc3ccccc3)cc2)c1. The summed E-state index contributed by atoms with van der Waals surface area (Å²) in [4.78, 5) is 36.7. The van der Waals surface area contributed by atoms with Crippen molar-refractivity contribution >= 4 is 34.8 Å². The second-order valence-corrected chi connectivity index (χ2v) is 7.84. The van der Waals surface area contributed by atoms with Crippen LogP contribution in [0.2, 0.25) is 0 Å². The molecule has 35 heavy (non-hydrogen) atoms. The molecule has 3 aromatic carbocycles. The van der Waals surface area contributed by atoms with Crippen LogP contribution in [0.3, 0.4) is 0 Å². The minimum Gasteiger partial charge on any atom is -0.383 e. The lowest BCUT2D eigenvalue weighted by molar-refractivity contribution is -0.116. The minimum absolute atomic E-state index is 0.0344. The summed E-state index contributed by atoms with van der Waals surface area (Å²) in [6, 6.07) is 23.7. The molecule has 0 aliphatic rings. The van der Waals surface area contributed by atoms with E-state index in [-0.39, 0.29) is 24.3 Å². The zero-order valence-corrected chi connectivity index (χ0v) is 19.7. The molecule has 0 aliphatic carbocycles. The topological polar surface area (TPSA) is 109 Å². The second-order valence-electron chi connectivity index (χ2n) is 7.84. The first-order chi connectivity index (χ1) is 17.0. The number of nitrogens with one attached hydrogen (secondary N) is 4. The Balaban J connectivity index is 1.42. The number of anilines is 3. The van der Waals surface area contributed by atoms with Gasteiger partial charge >= 0.3 is 0 Å². The average molecular weight is 475 g/mol. The molecule has 0 bridgehead atoms. The van der Waals surface area contributed by atoms with E-state index in [0.717, 1.165) is 5.56 Å². The standard InChI is InChI=1S/C27H30N4O4/c1-35-17-16-28-27(34)21-8-5-9-24(18-21)29-19-26(33)31-23-13-11-22(12-14-23)30-25(32)15-10-20-6-3-2-4-7-20/h2-9,11-14,18,29H,10,15-17,19H2,1H3,(H,28,34)(H,30,32)(H,31,33). The Bertz CT molecular complexity index is 1120. The molecule has 0 radical (unpaired) electrons. The van der Waals surface area contributed by atoms with Gasteiger partial charge in [-0.2, -0.15) is 0 Å². The van der Waals surface area contributed by atoms with Crippen molar-refractivity contribution in [1.82, 2.24) is 5.32 Å². The molecule has 8 heteroatoms. The molecule has 0 aromatic heterocycles. The highest BCUT2D eigenvalue weighted by Gasteiger charge is 2.08. The van der Waals surface area contributed by atoms with Gasteiger partial charge < -0.3 is 26.0 Å². The van der Waals surface area contributed by atoms with Crippen molar-refractivity contribution < 1.29 is 19.1 Å². The van der Waals surface area contributed by atoms with Crippen LogP contribution >= 0.6 is 0 Å². The molecular formula is C27H30N4O4. The van der Waals surface area contributed by atoms with E-state index in [0.29, 0.717) is 48.6 Å². The molecule has 0 spiro atoms. The monoisotopic (exact) mass is 474 g/mol. The first-order valence-corrected chi connectivity index (χ1v) is 11.4. The summed E-state index contributed by atoms with van der Waals surface area (Å²) >= 11 is 0. The van der Waals surface area contributed by atoms with Gasteiger partial charge in [0, 0.05) is 42.7 Å². The van der Waals surface area contributed by atoms with Gasteiger partial charge in [-0.15, -0.1) is 0 Å². The van der Waals surface area contributed by atoms with Gasteiger partial charge in [-0.25, -0.2) is 0 Å². The van der Waals surface area contributed by atoms with Crippen molar-refractivity contribution in [2.24, 2.45) is 0 Å². The number of aryl methyl sites for hydroxylation is 1. The van der Waals surface area contributed by atoms with E-state index in [4.69, 9.17) is 4.74 Å². The van der Waals surface area contributed by atoms with E-state index in [1.165, 1.54) is 0 Å². The normalized spacial score (nSPS) is 10.3. The van der Waals surface area contributed by atoms with Crippen molar-refractivity contribution in [3.8, 4) is 0 Å². The first kappa shape index (κ1) is 25.5. The molecular weight excluding hydrogens is 444 g/mol. The lowest BCUT2D eigenvalue weighted by Crippen LogP contribution is -2.27. The van der Waals surface area contributed by atoms with Crippen LogP contribution in [-0.2, 0) is 20.7 Å². The summed E-state index contributed by atoms with van der Waals surface area (Å²) in [5, 5.41) is 11.4. The molecule has 3 rings (SSSR count). The molecule has 8 nitrogen and oxygen atoms in total. The molecule has 0 unspecified atom stereocenters. The van der Waals surface area contributed by atoms with Gasteiger partial charge in [-0.1, -0.05) is 36.4 Å². The lowest BCUT2D eigenvalue weighted by Gasteiger charge is -2.10. The second kappa shape index (κ2) is 13.5. The molecule has 3 amide bonds. The van der Waals surface area contributed by atoms with Crippen LogP contribution in [0.4, 0.5) is 17.1 Å². The highest BCUT2D eigenvalue weighted by atomic mass is 16.5. The van der Waals surface area contributed by atoms with Crippen molar-refractivity contribution in [3.63, 3.8) is 0 Å². The van der Waals surface area contributed by atoms with Crippen LogP contribution in [0, 0.1) is 0 Å². The van der Waals surface area contributed by atoms with E-state index in [9.17, 15) is 14.4 Å². The van der Waals surface area contributed by atoms with E-state index < -0.39 is 0 Å². The number of hydrogen-bond donors (Lipinski definition) is 4. The van der Waals surface area contributed by atoms with Gasteiger partial charge in [-0.05, 0) is 54.4 Å². The van der Waals surface area contributed by atoms with Crippen LogP contribution < -0.4 is 21.3 Å². The maximum absolute atomic E-state index is 12.3. The van der Waals surface area contributed by atoms with Gasteiger partial charge in [0.15, 0.2) is 0 Å². The van der Waals surface area contributed by atoms with E-state index in [1.807, 2.05) is 30.3 Å². The predicted octanol–water partition coefficient (Wildman–Crippen LogP) is 3.68. The summed E-state index contributed by atoms with van der Waals surface area (Å²) in [6.45, 7) is 0.893. The Morgan fingerprint density at radius 3 is 2.14 bits per heavy atom. The van der Waals surface area contributed by atoms with E-state index in [1.54, 1.807) is 55.6 Å². The Labute approximate surface area is 205 Å². The number of hydrogen-bond acceptors (Lipinski definition) is 5. The highest BCUT2D eigenvalue weighted by Crippen LogP contribution is 2.15. The van der Waals surface area contributed by atoms with E-state index in [2.05, 4.69) is 21.3 Å². The smallest absolute Gasteiger partial charge is 0.251 e. The molecule has 4 N–H and O–H groups in total. The fourth-order valence-corrected chi connectivity index (χ4v) is 3.29. The molecule has 182 valence electrons. The average Bonchev–Trinajstić information content (AvgIpc) is 2.88. The summed E-state index contributed by atoms with van der Waals surface area (Å²) < 4.78 is 4.92. The Morgan fingerprint density at radius 1 is 0.771 bits per heavy atom. The highest BCUT2D eigenvalue weighted by molar-refractivity contribution is 5.96. The van der Waals surface area contributed by atoms with Gasteiger partial charge in [0.1, 0.15) is 0 Å². The largest absolute Gasteiger partial charge is 0.383 e. The number of benzene rings is 3. The number of ether oxygens (including phenoxy) is 1. The molecule has 0 atom stereocenters. The van der Waals surface area contributed by atoms with Crippen LogP contribution in [0.1, 0.15) is 22.3 Å². The zero-order valence-electron chi connectivity index (χ0n) is 19.7. The summed E-state index contributed by atoms with van der Waals surface area (Å²) in [7, 11) is 1.57. The van der Waals surface area contributed by atoms with Crippen LogP contribution in [0.15, 0.2) is 78.9 Å². The zero-order chi connectivity index (χ0) is 24.9. The quantitative estimate of drug-likeness (QED) is 0.300. The summed E-state index contributed by atoms with van der Waals surface area (Å²) in [6.07, 6.45) is 1.07. The number of carbonyl (C=O) groups excluding carboxylic acids is 3. The van der Waals surface area contributed by atoms with E-state index >= 15 is 0 Å². The number of methoxy groups -OCH3 is 1. The van der Waals surface area contributed by atoms with Gasteiger partial charge in [0.25, 0.3) is 5.91 Å². The Kier molecular flexibility index (Phi) is 9.83. The van der Waals surface area contributed by atoms with Gasteiger partial charge in [0.05, 0.1) is 13.2 Å². The predicted molar refractivity (Wildman–Crippen MR) is 138 cm³/mol. The van der Waals surface area contributed by atoms with Crippen LogP contribution in [-0.4, -0.2) is 44.5 Å². The van der Waals surface area contributed by atoms with Crippen LogP contribution in [0.25, 0.3) is 0 Å². The summed E-state index contributed by atoms with van der Waals surface area (Å²) in [5.74, 6) is -0.508. The molecule has 0 saturated heterocycles.